The van der Waals surface area contributed by atoms with E-state index in [1.54, 1.807) is 18.3 Å². The number of hydrogen-bond donors (Lipinski definition) is 1. The molecule has 0 spiro atoms. The molecule has 1 aliphatic rings. The molecule has 7 heteroatoms. The summed E-state index contributed by atoms with van der Waals surface area (Å²) < 4.78 is 0. The van der Waals surface area contributed by atoms with E-state index in [0.29, 0.717) is 26.5 Å². The first kappa shape index (κ1) is 21.0. The van der Waals surface area contributed by atoms with Crippen molar-refractivity contribution in [3.05, 3.63) is 62.1 Å². The number of amides is 1. The second kappa shape index (κ2) is 7.94. The molecule has 0 aliphatic carbocycles. The average molecular weight is 439 g/mol. The predicted octanol–water partition coefficient (Wildman–Crippen LogP) is 6.13. The molecule has 1 heterocycles. The van der Waals surface area contributed by atoms with Gasteiger partial charge in [0.05, 0.1) is 21.3 Å². The van der Waals surface area contributed by atoms with Crippen LogP contribution in [-0.4, -0.2) is 24.7 Å². The minimum atomic E-state index is -0.376. The van der Waals surface area contributed by atoms with Crippen LogP contribution in [0.1, 0.15) is 54.6 Å². The smallest absolute Gasteiger partial charge is 0.271 e. The molecular weight excluding hydrogens is 417 g/mol. The van der Waals surface area contributed by atoms with Gasteiger partial charge in [-0.05, 0) is 62.1 Å². The van der Waals surface area contributed by atoms with Gasteiger partial charge in [0.15, 0.2) is 0 Å². The number of hydrogen-bond acceptors (Lipinski definition) is 3. The van der Waals surface area contributed by atoms with Gasteiger partial charge in [0.2, 0.25) is 0 Å². The second-order valence-corrected chi connectivity index (χ2v) is 8.96. The van der Waals surface area contributed by atoms with Gasteiger partial charge in [-0.3, -0.25) is 4.79 Å². The molecule has 2 aromatic rings. The molecule has 0 radical (unpaired) electrons. The van der Waals surface area contributed by atoms with Crippen molar-refractivity contribution in [3.8, 4) is 0 Å². The number of nitrogens with one attached hydrogen (secondary N) is 1. The number of benzene rings is 2. The van der Waals surface area contributed by atoms with Gasteiger partial charge in [-0.15, -0.1) is 0 Å². The topological polar surface area (TPSA) is 44.7 Å². The molecule has 148 valence electrons. The van der Waals surface area contributed by atoms with Gasteiger partial charge in [0, 0.05) is 29.4 Å². The van der Waals surface area contributed by atoms with E-state index >= 15 is 0 Å². The van der Waals surface area contributed by atoms with Crippen LogP contribution in [0, 0.1) is 0 Å². The van der Waals surface area contributed by atoms with E-state index in [1.165, 1.54) is 11.6 Å². The molecule has 3 rings (SSSR count). The number of carbonyl (C=O) groups excluding carboxylic acids is 1. The minimum absolute atomic E-state index is 0.0686. The molecule has 1 aliphatic heterocycles. The van der Waals surface area contributed by atoms with E-state index in [2.05, 4.69) is 43.2 Å². The fourth-order valence-corrected chi connectivity index (χ4v) is 4.07. The average Bonchev–Trinajstić information content (AvgIpc) is 2.62. The summed E-state index contributed by atoms with van der Waals surface area (Å²) in [6.07, 6.45) is 2.60. The lowest BCUT2D eigenvalue weighted by Gasteiger charge is -2.45. The van der Waals surface area contributed by atoms with Gasteiger partial charge in [0.1, 0.15) is 0 Å². The summed E-state index contributed by atoms with van der Waals surface area (Å²) in [5.74, 6) is 0.0233. The number of rotatable bonds is 3. The van der Waals surface area contributed by atoms with E-state index in [4.69, 9.17) is 34.8 Å². The van der Waals surface area contributed by atoms with E-state index in [0.717, 1.165) is 17.7 Å². The van der Waals surface area contributed by atoms with E-state index < -0.39 is 0 Å². The lowest BCUT2D eigenvalue weighted by molar-refractivity contribution is 0.0955. The highest BCUT2D eigenvalue weighted by Gasteiger charge is 2.34. The molecule has 0 bridgehead atoms. The SMILES string of the molecule is CC1CC(C)(C)N(C)c2cc(Cl)c(/C=N/NC(=O)c3ccc(Cl)c(Cl)c3)cc21. The van der Waals surface area contributed by atoms with Gasteiger partial charge in [-0.2, -0.15) is 5.10 Å². The Labute approximate surface area is 180 Å². The number of hydrazone groups is 1. The minimum Gasteiger partial charge on any atom is -0.369 e. The van der Waals surface area contributed by atoms with Crippen LogP contribution in [0.15, 0.2) is 35.4 Å². The maximum absolute atomic E-state index is 12.2. The van der Waals surface area contributed by atoms with Crippen molar-refractivity contribution in [2.45, 2.75) is 38.6 Å². The maximum atomic E-state index is 12.2. The molecule has 28 heavy (non-hydrogen) atoms. The normalized spacial score (nSPS) is 18.2. The Balaban J connectivity index is 1.80. The summed E-state index contributed by atoms with van der Waals surface area (Å²) >= 11 is 18.3. The Hall–Kier alpha value is -1.75. The monoisotopic (exact) mass is 437 g/mol. The van der Waals surface area contributed by atoms with Gasteiger partial charge in [-0.25, -0.2) is 5.43 Å². The van der Waals surface area contributed by atoms with Crippen molar-refractivity contribution in [3.63, 3.8) is 0 Å². The quantitative estimate of drug-likeness (QED) is 0.462. The maximum Gasteiger partial charge on any atom is 0.271 e. The van der Waals surface area contributed by atoms with Crippen LogP contribution < -0.4 is 10.3 Å². The van der Waals surface area contributed by atoms with Crippen molar-refractivity contribution in [1.29, 1.82) is 0 Å². The Bertz CT molecular complexity index is 956. The fraction of sp³-hybridized carbons (Fsp3) is 0.333. The fourth-order valence-electron chi connectivity index (χ4n) is 3.57. The molecule has 1 amide bonds. The van der Waals surface area contributed by atoms with Crippen LogP contribution in [0.3, 0.4) is 0 Å². The van der Waals surface area contributed by atoms with Crippen LogP contribution in [0.4, 0.5) is 5.69 Å². The van der Waals surface area contributed by atoms with Crippen LogP contribution >= 0.6 is 34.8 Å². The summed E-state index contributed by atoms with van der Waals surface area (Å²) in [5.41, 5.74) is 6.05. The first-order chi connectivity index (χ1) is 13.1. The summed E-state index contributed by atoms with van der Waals surface area (Å²) in [6.45, 7) is 6.68. The Morgan fingerprint density at radius 1 is 1.18 bits per heavy atom. The summed E-state index contributed by atoms with van der Waals surface area (Å²) in [6, 6.07) is 8.67. The number of carbonyl (C=O) groups is 1. The third kappa shape index (κ3) is 4.14. The lowest BCUT2D eigenvalue weighted by Crippen LogP contribution is -2.45. The zero-order valence-electron chi connectivity index (χ0n) is 16.2. The molecule has 0 fully saturated rings. The molecule has 1 unspecified atom stereocenters. The molecule has 0 aromatic heterocycles. The first-order valence-corrected chi connectivity index (χ1v) is 10.1. The standard InChI is InChI=1S/C21H22Cl3N3O/c1-12-10-21(2,3)27(4)19-9-17(23)14(7-15(12)19)11-25-26-20(28)13-5-6-16(22)18(24)8-13/h5-9,11-12H,10H2,1-4H3,(H,26,28)/b25-11+. The number of halogens is 3. The van der Waals surface area contributed by atoms with Crippen LogP contribution in [0.2, 0.25) is 15.1 Å². The third-order valence-electron chi connectivity index (χ3n) is 5.30. The molecule has 1 N–H and O–H groups in total. The van der Waals surface area contributed by atoms with Gasteiger partial charge < -0.3 is 4.90 Å². The van der Waals surface area contributed by atoms with Crippen molar-refractivity contribution in [2.24, 2.45) is 5.10 Å². The largest absolute Gasteiger partial charge is 0.369 e. The molecule has 2 aromatic carbocycles. The van der Waals surface area contributed by atoms with Gasteiger partial charge in [-0.1, -0.05) is 41.7 Å². The zero-order valence-corrected chi connectivity index (χ0v) is 18.5. The van der Waals surface area contributed by atoms with Gasteiger partial charge in [0.25, 0.3) is 5.91 Å². The zero-order chi connectivity index (χ0) is 20.6. The van der Waals surface area contributed by atoms with Crippen molar-refractivity contribution in [1.82, 2.24) is 5.43 Å². The number of nitrogens with zero attached hydrogens (tertiary/aromatic N) is 2. The summed E-state index contributed by atoms with van der Waals surface area (Å²) in [7, 11) is 2.09. The lowest BCUT2D eigenvalue weighted by atomic mass is 9.80. The summed E-state index contributed by atoms with van der Waals surface area (Å²) in [5, 5.41) is 5.35. The highest BCUT2D eigenvalue weighted by Crippen LogP contribution is 2.44. The van der Waals surface area contributed by atoms with E-state index in [1.807, 2.05) is 12.1 Å². The Morgan fingerprint density at radius 3 is 2.57 bits per heavy atom. The highest BCUT2D eigenvalue weighted by atomic mass is 35.5. The molecule has 1 atom stereocenters. The number of anilines is 1. The molecule has 0 saturated carbocycles. The molecular formula is C21H22Cl3N3O. The number of fused-ring (bicyclic) bond motifs is 1. The Morgan fingerprint density at radius 2 is 1.89 bits per heavy atom. The molecule has 0 saturated heterocycles. The van der Waals surface area contributed by atoms with E-state index in [-0.39, 0.29) is 11.4 Å². The van der Waals surface area contributed by atoms with Crippen LogP contribution in [-0.2, 0) is 0 Å². The molecule has 4 nitrogen and oxygen atoms in total. The van der Waals surface area contributed by atoms with Crippen molar-refractivity contribution >= 4 is 52.6 Å². The van der Waals surface area contributed by atoms with E-state index in [9.17, 15) is 4.79 Å². The third-order valence-corrected chi connectivity index (χ3v) is 6.37. The second-order valence-electron chi connectivity index (χ2n) is 7.74. The van der Waals surface area contributed by atoms with Gasteiger partial charge >= 0.3 is 0 Å². The predicted molar refractivity (Wildman–Crippen MR) is 118 cm³/mol. The summed E-state index contributed by atoms with van der Waals surface area (Å²) in [4.78, 5) is 14.5. The van der Waals surface area contributed by atoms with Crippen LogP contribution in [0.5, 0.6) is 0 Å². The van der Waals surface area contributed by atoms with Crippen molar-refractivity contribution in [2.75, 3.05) is 11.9 Å². The van der Waals surface area contributed by atoms with Crippen LogP contribution in [0.25, 0.3) is 0 Å². The highest BCUT2D eigenvalue weighted by molar-refractivity contribution is 6.42. The van der Waals surface area contributed by atoms with Crippen molar-refractivity contribution < 1.29 is 4.79 Å². The Kier molecular flexibility index (Phi) is 5.95. The first-order valence-electron chi connectivity index (χ1n) is 8.96.